The third kappa shape index (κ3) is 4.12. The van der Waals surface area contributed by atoms with Crippen LogP contribution in [0.4, 0.5) is 4.79 Å². The lowest BCUT2D eigenvalue weighted by Gasteiger charge is -2.39. The highest BCUT2D eigenvalue weighted by molar-refractivity contribution is 5.95. The van der Waals surface area contributed by atoms with Crippen molar-refractivity contribution in [2.75, 3.05) is 13.2 Å². The Kier molecular flexibility index (Phi) is 6.28. The van der Waals surface area contributed by atoms with Crippen molar-refractivity contribution < 1.29 is 24.0 Å². The lowest BCUT2D eigenvalue weighted by atomic mass is 9.85. The fourth-order valence-corrected chi connectivity index (χ4v) is 4.46. The molecule has 1 fully saturated rings. The molecular formula is C25H28N2O5. The third-order valence-electron chi connectivity index (χ3n) is 6.27. The van der Waals surface area contributed by atoms with Gasteiger partial charge in [0, 0.05) is 6.54 Å². The molecular weight excluding hydrogens is 408 g/mol. The number of hydrogen-bond acceptors (Lipinski definition) is 6. The Morgan fingerprint density at radius 2 is 1.72 bits per heavy atom. The van der Waals surface area contributed by atoms with E-state index in [4.69, 9.17) is 9.57 Å². The van der Waals surface area contributed by atoms with Crippen molar-refractivity contribution in [3.8, 4) is 0 Å². The molecule has 0 saturated carbocycles. The van der Waals surface area contributed by atoms with Crippen LogP contribution in [0, 0.1) is 11.8 Å². The maximum atomic E-state index is 13.5. The zero-order valence-electron chi connectivity index (χ0n) is 18.6. The van der Waals surface area contributed by atoms with Crippen LogP contribution in [0.5, 0.6) is 0 Å². The van der Waals surface area contributed by atoms with Crippen LogP contribution in [0.15, 0.2) is 54.6 Å². The highest BCUT2D eigenvalue weighted by Gasteiger charge is 2.45. The van der Waals surface area contributed by atoms with E-state index in [1.54, 1.807) is 36.3 Å². The lowest BCUT2D eigenvalue weighted by Crippen LogP contribution is -2.49. The van der Waals surface area contributed by atoms with Crippen LogP contribution in [-0.2, 0) is 20.8 Å². The molecule has 7 heteroatoms. The summed E-state index contributed by atoms with van der Waals surface area (Å²) in [6, 6.07) is 15.8. The molecule has 0 unspecified atom stereocenters. The number of imide groups is 1. The molecule has 2 aromatic rings. The van der Waals surface area contributed by atoms with Gasteiger partial charge in [-0.05, 0) is 35.6 Å². The summed E-state index contributed by atoms with van der Waals surface area (Å²) in [6.45, 7) is 6.35. The standard InChI is InChI=1S/C25H28N2O5/c1-16(2)21-15-31-25(30)27(21)23(28)17(3)22-20-12-8-7-9-18(20)13-14-26(22)32-24(29)19-10-5-4-6-11-19/h4-12,16-17,21-22H,13-15H2,1-3H3/t17-,21+,22+/m0/s1. The maximum Gasteiger partial charge on any atom is 0.416 e. The molecule has 0 bridgehead atoms. The molecule has 32 heavy (non-hydrogen) atoms. The van der Waals surface area contributed by atoms with E-state index in [2.05, 4.69) is 0 Å². The third-order valence-corrected chi connectivity index (χ3v) is 6.27. The minimum absolute atomic E-state index is 0.0725. The van der Waals surface area contributed by atoms with Gasteiger partial charge >= 0.3 is 12.1 Å². The number of amides is 2. The predicted molar refractivity (Wildman–Crippen MR) is 117 cm³/mol. The summed E-state index contributed by atoms with van der Waals surface area (Å²) in [6.07, 6.45) is 0.0771. The van der Waals surface area contributed by atoms with Crippen molar-refractivity contribution >= 4 is 18.0 Å². The summed E-state index contributed by atoms with van der Waals surface area (Å²) >= 11 is 0. The van der Waals surface area contributed by atoms with E-state index in [9.17, 15) is 14.4 Å². The molecule has 2 aromatic carbocycles. The van der Waals surface area contributed by atoms with Crippen molar-refractivity contribution in [2.45, 2.75) is 39.3 Å². The van der Waals surface area contributed by atoms with E-state index in [0.717, 1.165) is 11.1 Å². The van der Waals surface area contributed by atoms with E-state index in [1.807, 2.05) is 44.2 Å². The average molecular weight is 437 g/mol. The first-order valence-corrected chi connectivity index (χ1v) is 11.0. The molecule has 7 nitrogen and oxygen atoms in total. The van der Waals surface area contributed by atoms with Gasteiger partial charge in [-0.1, -0.05) is 63.2 Å². The molecule has 0 aromatic heterocycles. The maximum absolute atomic E-state index is 13.5. The summed E-state index contributed by atoms with van der Waals surface area (Å²) in [5, 5.41) is 1.59. The summed E-state index contributed by atoms with van der Waals surface area (Å²) in [4.78, 5) is 45.7. The van der Waals surface area contributed by atoms with Gasteiger partial charge in [0.05, 0.1) is 23.6 Å². The summed E-state index contributed by atoms with van der Waals surface area (Å²) in [7, 11) is 0. The number of rotatable bonds is 5. The fraction of sp³-hybridized carbons (Fsp3) is 0.400. The first-order chi connectivity index (χ1) is 15.4. The van der Waals surface area contributed by atoms with Crippen LogP contribution < -0.4 is 0 Å². The zero-order chi connectivity index (χ0) is 22.8. The van der Waals surface area contributed by atoms with Gasteiger partial charge in [0.15, 0.2) is 0 Å². The molecule has 2 amide bonds. The van der Waals surface area contributed by atoms with Gasteiger partial charge in [-0.2, -0.15) is 0 Å². The molecule has 2 aliphatic heterocycles. The van der Waals surface area contributed by atoms with Crippen LogP contribution in [0.25, 0.3) is 0 Å². The molecule has 2 heterocycles. The Morgan fingerprint density at radius 3 is 2.44 bits per heavy atom. The molecule has 168 valence electrons. The van der Waals surface area contributed by atoms with Gasteiger partial charge in [-0.3, -0.25) is 4.79 Å². The van der Waals surface area contributed by atoms with E-state index in [-0.39, 0.29) is 24.5 Å². The molecule has 1 saturated heterocycles. The lowest BCUT2D eigenvalue weighted by molar-refractivity contribution is -0.166. The second-order valence-corrected chi connectivity index (χ2v) is 8.66. The minimum atomic E-state index is -0.632. The Hall–Kier alpha value is -3.19. The Morgan fingerprint density at radius 1 is 1.03 bits per heavy atom. The van der Waals surface area contributed by atoms with E-state index in [1.165, 1.54) is 4.90 Å². The molecule has 0 spiro atoms. The van der Waals surface area contributed by atoms with Crippen molar-refractivity contribution in [1.82, 2.24) is 9.96 Å². The van der Waals surface area contributed by atoms with Crippen LogP contribution in [0.2, 0.25) is 0 Å². The minimum Gasteiger partial charge on any atom is -0.447 e. The van der Waals surface area contributed by atoms with Gasteiger partial charge in [0.25, 0.3) is 0 Å². The summed E-state index contributed by atoms with van der Waals surface area (Å²) < 4.78 is 5.18. The van der Waals surface area contributed by atoms with Gasteiger partial charge in [0.2, 0.25) is 5.91 Å². The van der Waals surface area contributed by atoms with Crippen molar-refractivity contribution in [3.05, 3.63) is 71.3 Å². The second kappa shape index (κ2) is 9.12. The Bertz CT molecular complexity index is 1010. The number of carbonyl (C=O) groups excluding carboxylic acids is 3. The van der Waals surface area contributed by atoms with Crippen LogP contribution in [0.1, 0.15) is 48.3 Å². The van der Waals surface area contributed by atoms with Gasteiger partial charge in [-0.15, -0.1) is 5.06 Å². The number of hydrogen-bond donors (Lipinski definition) is 0. The van der Waals surface area contributed by atoms with Crippen LogP contribution in [-0.4, -0.2) is 47.1 Å². The number of nitrogens with zero attached hydrogens (tertiary/aromatic N) is 2. The SMILES string of the molecule is CC(C)[C@H]1COC(=O)N1C(=O)[C@@H](C)[C@@H]1c2ccccc2CCN1OC(=O)c1ccccc1. The first-order valence-electron chi connectivity index (χ1n) is 11.0. The van der Waals surface area contributed by atoms with E-state index in [0.29, 0.717) is 18.5 Å². The molecule has 0 N–H and O–H groups in total. The molecule has 0 aliphatic carbocycles. The van der Waals surface area contributed by atoms with Crippen molar-refractivity contribution in [2.24, 2.45) is 11.8 Å². The van der Waals surface area contributed by atoms with Gasteiger partial charge < -0.3 is 9.57 Å². The van der Waals surface area contributed by atoms with Crippen LogP contribution >= 0.6 is 0 Å². The number of ether oxygens (including phenoxy) is 1. The highest BCUT2D eigenvalue weighted by Crippen LogP contribution is 2.37. The Labute approximate surface area is 187 Å². The molecule has 0 radical (unpaired) electrons. The number of cyclic esters (lactones) is 1. The van der Waals surface area contributed by atoms with E-state index >= 15 is 0 Å². The largest absolute Gasteiger partial charge is 0.447 e. The summed E-state index contributed by atoms with van der Waals surface area (Å²) in [5.41, 5.74) is 2.47. The predicted octanol–water partition coefficient (Wildman–Crippen LogP) is 4.00. The molecule has 4 rings (SSSR count). The first kappa shape index (κ1) is 22.0. The van der Waals surface area contributed by atoms with Crippen molar-refractivity contribution in [1.29, 1.82) is 0 Å². The van der Waals surface area contributed by atoms with Gasteiger partial charge in [-0.25, -0.2) is 14.5 Å². The number of benzene rings is 2. The average Bonchev–Trinajstić information content (AvgIpc) is 3.20. The number of fused-ring (bicyclic) bond motifs is 1. The summed E-state index contributed by atoms with van der Waals surface area (Å²) in [5.74, 6) is -1.36. The number of carbonyl (C=O) groups is 3. The van der Waals surface area contributed by atoms with E-state index < -0.39 is 24.0 Å². The monoisotopic (exact) mass is 436 g/mol. The van der Waals surface area contributed by atoms with Crippen LogP contribution in [0.3, 0.4) is 0 Å². The highest BCUT2D eigenvalue weighted by atomic mass is 16.7. The van der Waals surface area contributed by atoms with Gasteiger partial charge in [0.1, 0.15) is 6.61 Å². The molecule has 2 aliphatic rings. The Balaban J connectivity index is 1.64. The number of hydroxylamine groups is 2. The normalized spacial score (nSPS) is 21.8. The molecule has 3 atom stereocenters. The van der Waals surface area contributed by atoms with Crippen molar-refractivity contribution in [3.63, 3.8) is 0 Å². The topological polar surface area (TPSA) is 76.2 Å². The zero-order valence-corrected chi connectivity index (χ0v) is 18.6. The quantitative estimate of drug-likeness (QED) is 0.705. The fourth-order valence-electron chi connectivity index (χ4n) is 4.46. The second-order valence-electron chi connectivity index (χ2n) is 8.66. The smallest absolute Gasteiger partial charge is 0.416 e.